The largest absolute Gasteiger partial charge is 0.291 e. The van der Waals surface area contributed by atoms with Crippen molar-refractivity contribution >= 4 is 63.3 Å². The molecule has 0 fully saturated rings. The molecule has 10 aromatic rings. The topological polar surface area (TPSA) is 30.7 Å². The van der Waals surface area contributed by atoms with Gasteiger partial charge in [-0.2, -0.15) is 0 Å². The Kier molecular flexibility index (Phi) is 6.54. The molecule has 5 heteroatoms. The van der Waals surface area contributed by atoms with Crippen LogP contribution in [0.2, 0.25) is 0 Å². The summed E-state index contributed by atoms with van der Waals surface area (Å²) < 4.78 is 7.56. The lowest BCUT2D eigenvalue weighted by Gasteiger charge is -2.13. The molecule has 0 aliphatic carbocycles. The number of benzene rings is 6. The molecule has 0 radical (unpaired) electrons. The smallest absolute Gasteiger partial charge is 0.162 e. The summed E-state index contributed by atoms with van der Waals surface area (Å²) in [4.78, 5) is 10.7. The van der Waals surface area contributed by atoms with Gasteiger partial charge in [0.05, 0.1) is 26.1 Å². The van der Waals surface area contributed by atoms with Crippen molar-refractivity contribution in [3.05, 3.63) is 164 Å². The van der Waals surface area contributed by atoms with Crippen molar-refractivity contribution in [2.75, 3.05) is 0 Å². The maximum atomic E-state index is 5.42. The van der Waals surface area contributed by atoms with Crippen LogP contribution in [0.5, 0.6) is 0 Å². The second-order valence-corrected chi connectivity index (χ2v) is 14.3. The highest BCUT2D eigenvalue weighted by Crippen LogP contribution is 2.48. The minimum Gasteiger partial charge on any atom is -0.291 e. The molecule has 3 nitrogen and oxygen atoms in total. The van der Waals surface area contributed by atoms with Crippen LogP contribution in [0.3, 0.4) is 0 Å². The zero-order valence-electron chi connectivity index (χ0n) is 26.2. The Balaban J connectivity index is 1.28. The summed E-state index contributed by atoms with van der Waals surface area (Å²) in [5.41, 5.74) is 9.97. The molecule has 4 aromatic heterocycles. The molecule has 0 saturated heterocycles. The zero-order chi connectivity index (χ0) is 32.3. The third-order valence-electron chi connectivity index (χ3n) is 9.23. The number of thiophene rings is 2. The van der Waals surface area contributed by atoms with E-state index in [1.165, 1.54) is 51.7 Å². The van der Waals surface area contributed by atoms with Gasteiger partial charge in [-0.3, -0.25) is 4.57 Å². The van der Waals surface area contributed by atoms with Crippen molar-refractivity contribution in [3.8, 4) is 50.7 Å². The van der Waals surface area contributed by atoms with Crippen molar-refractivity contribution < 1.29 is 0 Å². The standard InChI is InChI=1S/C44H27N3S2/c1-3-13-28(14-4-1)30-17-11-19-32(25-30)36-27-39(46-44(45-36)33-20-12-18-31(26-33)29-15-5-2-6-16-29)47-40-34-21-7-9-23-37(34)48-42(40)43-41(47)35-22-8-10-24-38(35)49-43/h1-27H. The number of hydrogen-bond donors (Lipinski definition) is 0. The molecular weight excluding hydrogens is 635 g/mol. The Bertz CT molecular complexity index is 2640. The van der Waals surface area contributed by atoms with E-state index < -0.39 is 0 Å². The highest BCUT2D eigenvalue weighted by molar-refractivity contribution is 7.33. The molecule has 0 saturated carbocycles. The van der Waals surface area contributed by atoms with E-state index >= 15 is 0 Å². The van der Waals surface area contributed by atoms with E-state index in [0.717, 1.165) is 33.8 Å². The SMILES string of the molecule is c1ccc(-c2cccc(-c3cc(-n4c5c6ccccc6sc5c5sc6ccccc6c54)nc(-c4cccc(-c5ccccc5)c4)n3)c2)cc1. The summed E-state index contributed by atoms with van der Waals surface area (Å²) in [5, 5.41) is 2.49. The van der Waals surface area contributed by atoms with E-state index in [4.69, 9.17) is 9.97 Å². The van der Waals surface area contributed by atoms with E-state index in [-0.39, 0.29) is 0 Å². The number of nitrogens with zero attached hydrogens (tertiary/aromatic N) is 3. The van der Waals surface area contributed by atoms with Gasteiger partial charge in [0.15, 0.2) is 5.82 Å². The molecule has 0 bridgehead atoms. The molecule has 0 unspecified atom stereocenters. The summed E-state index contributed by atoms with van der Waals surface area (Å²) in [6, 6.07) is 58.0. The van der Waals surface area contributed by atoms with Crippen LogP contribution in [-0.2, 0) is 0 Å². The van der Waals surface area contributed by atoms with Crippen LogP contribution >= 0.6 is 22.7 Å². The highest BCUT2D eigenvalue weighted by atomic mass is 32.1. The summed E-state index contributed by atoms with van der Waals surface area (Å²) in [5.74, 6) is 1.56. The predicted molar refractivity (Wildman–Crippen MR) is 209 cm³/mol. The van der Waals surface area contributed by atoms with Crippen LogP contribution in [0.15, 0.2) is 164 Å². The van der Waals surface area contributed by atoms with Crippen LogP contribution < -0.4 is 0 Å². The first-order valence-corrected chi connectivity index (χ1v) is 18.0. The van der Waals surface area contributed by atoms with Gasteiger partial charge in [-0.15, -0.1) is 22.7 Å². The lowest BCUT2D eigenvalue weighted by molar-refractivity contribution is 1.05. The second-order valence-electron chi connectivity index (χ2n) is 12.2. The minimum atomic E-state index is 0.699. The summed E-state index contributed by atoms with van der Waals surface area (Å²) >= 11 is 3.74. The third kappa shape index (κ3) is 4.70. The lowest BCUT2D eigenvalue weighted by Crippen LogP contribution is -2.02. The van der Waals surface area contributed by atoms with Gasteiger partial charge in [0.25, 0.3) is 0 Å². The number of aromatic nitrogens is 3. The van der Waals surface area contributed by atoms with Crippen molar-refractivity contribution in [1.82, 2.24) is 14.5 Å². The van der Waals surface area contributed by atoms with Crippen molar-refractivity contribution in [1.29, 1.82) is 0 Å². The van der Waals surface area contributed by atoms with Gasteiger partial charge in [0.1, 0.15) is 5.82 Å². The van der Waals surface area contributed by atoms with Gasteiger partial charge >= 0.3 is 0 Å². The van der Waals surface area contributed by atoms with E-state index in [9.17, 15) is 0 Å². The average Bonchev–Trinajstić information content (AvgIpc) is 3.84. The third-order valence-corrected chi connectivity index (χ3v) is 11.7. The van der Waals surface area contributed by atoms with Crippen LogP contribution in [0.1, 0.15) is 0 Å². The van der Waals surface area contributed by atoms with E-state index in [1.807, 2.05) is 22.7 Å². The molecule has 0 N–H and O–H groups in total. The molecule has 0 aliphatic rings. The first-order valence-electron chi connectivity index (χ1n) is 16.3. The number of rotatable bonds is 5. The molecular formula is C44H27N3S2. The lowest BCUT2D eigenvalue weighted by atomic mass is 10.0. The maximum Gasteiger partial charge on any atom is 0.162 e. The van der Waals surface area contributed by atoms with E-state index in [2.05, 4.69) is 168 Å². The quantitative estimate of drug-likeness (QED) is 0.184. The van der Waals surface area contributed by atoms with Gasteiger partial charge in [-0.25, -0.2) is 9.97 Å². The van der Waals surface area contributed by atoms with Gasteiger partial charge in [0, 0.05) is 37.4 Å². The summed E-state index contributed by atoms with van der Waals surface area (Å²) in [6.45, 7) is 0. The van der Waals surface area contributed by atoms with Gasteiger partial charge in [-0.1, -0.05) is 133 Å². The highest BCUT2D eigenvalue weighted by Gasteiger charge is 2.23. The fourth-order valence-electron chi connectivity index (χ4n) is 6.94. The first-order chi connectivity index (χ1) is 24.3. The fraction of sp³-hybridized carbons (Fsp3) is 0. The Hall–Kier alpha value is -5.88. The molecule has 0 atom stereocenters. The van der Waals surface area contributed by atoms with Gasteiger partial charge in [0.2, 0.25) is 0 Å². The number of fused-ring (bicyclic) bond motifs is 7. The normalized spacial score (nSPS) is 11.7. The second kappa shape index (κ2) is 11.4. The maximum absolute atomic E-state index is 5.42. The van der Waals surface area contributed by atoms with Crippen LogP contribution in [0.4, 0.5) is 0 Å². The predicted octanol–water partition coefficient (Wildman–Crippen LogP) is 12.7. The van der Waals surface area contributed by atoms with Crippen LogP contribution in [0, 0.1) is 0 Å². The minimum absolute atomic E-state index is 0.699. The van der Waals surface area contributed by atoms with Crippen LogP contribution in [-0.4, -0.2) is 14.5 Å². The van der Waals surface area contributed by atoms with Crippen molar-refractivity contribution in [3.63, 3.8) is 0 Å². The van der Waals surface area contributed by atoms with Crippen molar-refractivity contribution in [2.45, 2.75) is 0 Å². The molecule has 0 aliphatic heterocycles. The molecule has 230 valence electrons. The summed E-state index contributed by atoms with van der Waals surface area (Å²) in [6.07, 6.45) is 0. The molecule has 0 amide bonds. The first kappa shape index (κ1) is 28.2. The molecule has 6 aromatic carbocycles. The molecule has 10 rings (SSSR count). The summed E-state index contributed by atoms with van der Waals surface area (Å²) in [7, 11) is 0. The van der Waals surface area contributed by atoms with Crippen molar-refractivity contribution in [2.24, 2.45) is 0 Å². The Morgan fingerprint density at radius 3 is 1.45 bits per heavy atom. The van der Waals surface area contributed by atoms with Crippen LogP contribution in [0.25, 0.3) is 91.3 Å². The molecule has 4 heterocycles. The monoisotopic (exact) mass is 661 g/mol. The Morgan fingerprint density at radius 1 is 0.388 bits per heavy atom. The van der Waals surface area contributed by atoms with E-state index in [1.54, 1.807) is 0 Å². The Labute approximate surface area is 291 Å². The number of hydrogen-bond acceptors (Lipinski definition) is 4. The van der Waals surface area contributed by atoms with Gasteiger partial charge < -0.3 is 0 Å². The average molecular weight is 662 g/mol. The zero-order valence-corrected chi connectivity index (χ0v) is 27.9. The van der Waals surface area contributed by atoms with E-state index in [0.29, 0.717) is 5.82 Å². The molecule has 0 spiro atoms. The fourth-order valence-corrected chi connectivity index (χ4v) is 9.45. The Morgan fingerprint density at radius 2 is 0.857 bits per heavy atom. The van der Waals surface area contributed by atoms with Gasteiger partial charge in [-0.05, 0) is 46.5 Å². The molecule has 49 heavy (non-hydrogen) atoms.